The fourth-order valence-electron chi connectivity index (χ4n) is 5.33. The van der Waals surface area contributed by atoms with E-state index in [2.05, 4.69) is 4.90 Å². The molecule has 2 atom stereocenters. The second kappa shape index (κ2) is 8.45. The number of piperidine rings is 2. The van der Waals surface area contributed by atoms with Crippen LogP contribution in [-0.2, 0) is 14.8 Å². The van der Waals surface area contributed by atoms with Crippen LogP contribution < -0.4 is 0 Å². The molecule has 6 nitrogen and oxygen atoms in total. The lowest BCUT2D eigenvalue weighted by molar-refractivity contribution is -0.143. The summed E-state index contributed by atoms with van der Waals surface area (Å²) in [4.78, 5) is 15.6. The number of likely N-dealkylation sites (tertiary alicyclic amines) is 1. The Bertz CT molecular complexity index is 881. The van der Waals surface area contributed by atoms with E-state index in [1.165, 1.54) is 54.3 Å². The molecule has 7 heteroatoms. The van der Waals surface area contributed by atoms with E-state index in [0.717, 1.165) is 19.4 Å². The van der Waals surface area contributed by atoms with Crippen LogP contribution in [0.25, 0.3) is 0 Å². The number of rotatable bonds is 3. The summed E-state index contributed by atoms with van der Waals surface area (Å²) in [6, 6.07) is 8.44. The lowest BCUT2D eigenvalue weighted by Gasteiger charge is -2.46. The van der Waals surface area contributed by atoms with Gasteiger partial charge in [0.25, 0.3) is 0 Å². The van der Waals surface area contributed by atoms with Gasteiger partial charge in [-0.05, 0) is 68.7 Å². The number of carbonyl (C=O) groups is 1. The highest BCUT2D eigenvalue weighted by Crippen LogP contribution is 2.37. The summed E-state index contributed by atoms with van der Waals surface area (Å²) in [5.74, 6) is 0.846. The van der Waals surface area contributed by atoms with E-state index in [4.69, 9.17) is 5.26 Å². The Balaban J connectivity index is 1.39. The van der Waals surface area contributed by atoms with Gasteiger partial charge in [0.15, 0.2) is 0 Å². The maximum Gasteiger partial charge on any atom is 0.243 e. The molecule has 1 saturated carbocycles. The van der Waals surface area contributed by atoms with Crippen molar-refractivity contribution in [3.63, 3.8) is 0 Å². The molecule has 156 valence electrons. The fourth-order valence-corrected chi connectivity index (χ4v) is 6.80. The van der Waals surface area contributed by atoms with E-state index in [-0.39, 0.29) is 16.7 Å². The molecule has 4 rings (SSSR count). The van der Waals surface area contributed by atoms with Crippen LogP contribution in [0.3, 0.4) is 0 Å². The third-order valence-corrected chi connectivity index (χ3v) is 8.86. The summed E-state index contributed by atoms with van der Waals surface area (Å²) in [6.45, 7) is 1.62. The van der Waals surface area contributed by atoms with Gasteiger partial charge in [-0.1, -0.05) is 12.8 Å². The van der Waals surface area contributed by atoms with Gasteiger partial charge in [0, 0.05) is 31.6 Å². The minimum atomic E-state index is -3.58. The van der Waals surface area contributed by atoms with Crippen LogP contribution in [0.5, 0.6) is 0 Å². The first-order valence-electron chi connectivity index (χ1n) is 10.8. The molecule has 1 aromatic carbocycles. The smallest absolute Gasteiger partial charge is 0.243 e. The first-order chi connectivity index (χ1) is 14.0. The number of benzene rings is 1. The lowest BCUT2D eigenvalue weighted by Crippen LogP contribution is -2.53. The van der Waals surface area contributed by atoms with Gasteiger partial charge >= 0.3 is 0 Å². The average molecular weight is 416 g/mol. The monoisotopic (exact) mass is 415 g/mol. The minimum Gasteiger partial charge on any atom is -0.339 e. The third kappa shape index (κ3) is 4.06. The molecular formula is C22H29N3O3S. The van der Waals surface area contributed by atoms with E-state index >= 15 is 0 Å². The van der Waals surface area contributed by atoms with Crippen molar-refractivity contribution >= 4 is 15.9 Å². The van der Waals surface area contributed by atoms with Gasteiger partial charge in [-0.15, -0.1) is 0 Å². The molecule has 2 heterocycles. The number of hydrogen-bond donors (Lipinski definition) is 0. The van der Waals surface area contributed by atoms with Gasteiger partial charge in [-0.2, -0.15) is 9.57 Å². The standard InChI is InChI=1S/C22H29N3O3S/c23-16-17-7-9-20(10-8-17)29(27,28)24-14-11-19(12-15-24)22(26)25-13-3-5-18-4-1-2-6-21(18)25/h7-10,18-19,21H,1-6,11-15H2/t18-,21-/m1/s1. The van der Waals surface area contributed by atoms with Crippen molar-refractivity contribution in [2.45, 2.75) is 62.3 Å². The second-order valence-corrected chi connectivity index (χ2v) is 10.5. The van der Waals surface area contributed by atoms with Gasteiger partial charge in [0.05, 0.1) is 16.5 Å². The molecule has 1 aliphatic carbocycles. The number of sulfonamides is 1. The normalized spacial score (nSPS) is 26.5. The topological polar surface area (TPSA) is 81.5 Å². The Morgan fingerprint density at radius 3 is 2.28 bits per heavy atom. The average Bonchev–Trinajstić information content (AvgIpc) is 2.78. The molecule has 2 saturated heterocycles. The van der Waals surface area contributed by atoms with Crippen LogP contribution >= 0.6 is 0 Å². The zero-order valence-corrected chi connectivity index (χ0v) is 17.6. The molecule has 0 N–H and O–H groups in total. The van der Waals surface area contributed by atoms with Crippen LogP contribution in [0.2, 0.25) is 0 Å². The van der Waals surface area contributed by atoms with Gasteiger partial charge < -0.3 is 4.90 Å². The summed E-state index contributed by atoms with van der Waals surface area (Å²) in [5.41, 5.74) is 0.441. The van der Waals surface area contributed by atoms with E-state index in [0.29, 0.717) is 43.5 Å². The molecule has 3 aliphatic rings. The van der Waals surface area contributed by atoms with Crippen LogP contribution in [0, 0.1) is 23.2 Å². The number of carbonyl (C=O) groups excluding carboxylic acids is 1. The summed E-state index contributed by atoms with van der Waals surface area (Å²) in [7, 11) is -3.58. The van der Waals surface area contributed by atoms with Crippen molar-refractivity contribution in [3.8, 4) is 6.07 Å². The molecule has 0 aromatic heterocycles. The van der Waals surface area contributed by atoms with Gasteiger partial charge in [0.2, 0.25) is 15.9 Å². The number of fused-ring (bicyclic) bond motifs is 1. The molecular weight excluding hydrogens is 386 g/mol. The van der Waals surface area contributed by atoms with E-state index in [1.807, 2.05) is 6.07 Å². The Hall–Kier alpha value is -1.91. The summed E-state index contributed by atoms with van der Waals surface area (Å²) in [5, 5.41) is 8.90. The van der Waals surface area contributed by atoms with Gasteiger partial charge in [0.1, 0.15) is 0 Å². The highest BCUT2D eigenvalue weighted by molar-refractivity contribution is 7.89. The van der Waals surface area contributed by atoms with Crippen molar-refractivity contribution in [2.24, 2.45) is 11.8 Å². The Morgan fingerprint density at radius 2 is 1.59 bits per heavy atom. The minimum absolute atomic E-state index is 0.0666. The lowest BCUT2D eigenvalue weighted by atomic mass is 9.77. The molecule has 2 aliphatic heterocycles. The van der Waals surface area contributed by atoms with Crippen LogP contribution in [0.15, 0.2) is 29.2 Å². The zero-order valence-electron chi connectivity index (χ0n) is 16.8. The zero-order chi connectivity index (χ0) is 20.4. The van der Waals surface area contributed by atoms with E-state index in [9.17, 15) is 13.2 Å². The largest absolute Gasteiger partial charge is 0.339 e. The first kappa shape index (κ1) is 20.4. The highest BCUT2D eigenvalue weighted by Gasteiger charge is 2.39. The maximum atomic E-state index is 13.2. The summed E-state index contributed by atoms with van der Waals surface area (Å²) in [6.07, 6.45) is 8.39. The number of hydrogen-bond acceptors (Lipinski definition) is 4. The fraction of sp³-hybridized carbons (Fsp3) is 0.636. The Labute approximate surface area is 173 Å². The second-order valence-electron chi connectivity index (χ2n) is 8.60. The van der Waals surface area contributed by atoms with Crippen molar-refractivity contribution in [2.75, 3.05) is 19.6 Å². The number of nitriles is 1. The SMILES string of the molecule is N#Cc1ccc(S(=O)(=O)N2CCC(C(=O)N3CCC[C@H]4CCCC[C@H]43)CC2)cc1. The van der Waals surface area contributed by atoms with Crippen LogP contribution in [0.4, 0.5) is 0 Å². The van der Waals surface area contributed by atoms with E-state index in [1.54, 1.807) is 0 Å². The van der Waals surface area contributed by atoms with Gasteiger partial charge in [-0.3, -0.25) is 4.79 Å². The summed E-state index contributed by atoms with van der Waals surface area (Å²) < 4.78 is 27.3. The number of nitrogens with zero attached hydrogens (tertiary/aromatic N) is 3. The third-order valence-electron chi connectivity index (χ3n) is 6.95. The van der Waals surface area contributed by atoms with E-state index < -0.39 is 10.0 Å². The van der Waals surface area contributed by atoms with Crippen LogP contribution in [0.1, 0.15) is 56.9 Å². The number of amides is 1. The summed E-state index contributed by atoms with van der Waals surface area (Å²) >= 11 is 0. The maximum absolute atomic E-state index is 13.2. The molecule has 1 aromatic rings. The Morgan fingerprint density at radius 1 is 0.931 bits per heavy atom. The molecule has 0 radical (unpaired) electrons. The molecule has 0 spiro atoms. The molecule has 3 fully saturated rings. The van der Waals surface area contributed by atoms with Crippen molar-refractivity contribution in [1.29, 1.82) is 5.26 Å². The quantitative estimate of drug-likeness (QED) is 0.759. The highest BCUT2D eigenvalue weighted by atomic mass is 32.2. The van der Waals surface area contributed by atoms with Crippen molar-refractivity contribution in [1.82, 2.24) is 9.21 Å². The van der Waals surface area contributed by atoms with Gasteiger partial charge in [-0.25, -0.2) is 8.42 Å². The first-order valence-corrected chi connectivity index (χ1v) is 12.3. The molecule has 1 amide bonds. The Kier molecular flexibility index (Phi) is 5.93. The van der Waals surface area contributed by atoms with Crippen LogP contribution in [-0.4, -0.2) is 49.2 Å². The molecule has 0 bridgehead atoms. The molecule has 0 unspecified atom stereocenters. The molecule has 29 heavy (non-hydrogen) atoms. The van der Waals surface area contributed by atoms with Crippen molar-refractivity contribution < 1.29 is 13.2 Å². The predicted octanol–water partition coefficient (Wildman–Crippen LogP) is 3.14. The van der Waals surface area contributed by atoms with Crippen molar-refractivity contribution in [3.05, 3.63) is 29.8 Å². The predicted molar refractivity (Wildman–Crippen MR) is 109 cm³/mol.